The maximum atomic E-state index is 12.2. The van der Waals surface area contributed by atoms with E-state index >= 15 is 0 Å². The molecule has 128 valence electrons. The molecule has 1 aromatic carbocycles. The van der Waals surface area contributed by atoms with E-state index in [-0.39, 0.29) is 11.4 Å². The van der Waals surface area contributed by atoms with Gasteiger partial charge in [0, 0.05) is 25.0 Å². The Labute approximate surface area is 139 Å². The summed E-state index contributed by atoms with van der Waals surface area (Å²) in [4.78, 5) is 14.6. The van der Waals surface area contributed by atoms with Crippen LogP contribution in [0.2, 0.25) is 0 Å². The molecule has 2 rings (SSSR count). The number of hydrogen-bond acceptors (Lipinski definition) is 4. The maximum absolute atomic E-state index is 12.2. The molecule has 1 aliphatic rings. The molecule has 23 heavy (non-hydrogen) atoms. The van der Waals surface area contributed by atoms with Crippen molar-refractivity contribution in [1.82, 2.24) is 4.90 Å². The average Bonchev–Trinajstić information content (AvgIpc) is 2.53. The van der Waals surface area contributed by atoms with Gasteiger partial charge in [-0.15, -0.1) is 0 Å². The third kappa shape index (κ3) is 5.63. The Bertz CT molecular complexity index is 502. The minimum absolute atomic E-state index is 0.0646. The van der Waals surface area contributed by atoms with Crippen LogP contribution in [0.3, 0.4) is 0 Å². The highest BCUT2D eigenvalue weighted by Gasteiger charge is 2.25. The van der Waals surface area contributed by atoms with Gasteiger partial charge in [0.1, 0.15) is 0 Å². The van der Waals surface area contributed by atoms with Crippen molar-refractivity contribution < 1.29 is 14.3 Å². The lowest BCUT2D eigenvalue weighted by Crippen LogP contribution is -2.43. The summed E-state index contributed by atoms with van der Waals surface area (Å²) in [6.07, 6.45) is 0. The van der Waals surface area contributed by atoms with Gasteiger partial charge in [-0.1, -0.05) is 39.8 Å². The van der Waals surface area contributed by atoms with Gasteiger partial charge in [-0.25, -0.2) is 4.79 Å². The highest BCUT2D eigenvalue weighted by Crippen LogP contribution is 2.20. The molecule has 1 saturated heterocycles. The predicted molar refractivity (Wildman–Crippen MR) is 91.9 cm³/mol. The summed E-state index contributed by atoms with van der Waals surface area (Å²) in [6.45, 7) is 13.4. The molecule has 4 heteroatoms. The number of hydrogen-bond donors (Lipinski definition) is 0. The summed E-state index contributed by atoms with van der Waals surface area (Å²) in [5.41, 5.74) is 1.79. The van der Waals surface area contributed by atoms with Gasteiger partial charge in [-0.2, -0.15) is 0 Å². The van der Waals surface area contributed by atoms with Crippen molar-refractivity contribution in [2.24, 2.45) is 5.41 Å². The molecule has 0 aromatic heterocycles. The minimum Gasteiger partial charge on any atom is -0.461 e. The number of benzene rings is 1. The van der Waals surface area contributed by atoms with Gasteiger partial charge in [-0.05, 0) is 23.6 Å². The number of ether oxygens (including phenoxy) is 2. The van der Waals surface area contributed by atoms with E-state index in [9.17, 15) is 4.79 Å². The molecule has 0 saturated carbocycles. The van der Waals surface area contributed by atoms with Crippen molar-refractivity contribution in [1.29, 1.82) is 0 Å². The van der Waals surface area contributed by atoms with E-state index in [4.69, 9.17) is 9.47 Å². The molecule has 0 N–H and O–H groups in total. The largest absolute Gasteiger partial charge is 0.461 e. The fourth-order valence-corrected chi connectivity index (χ4v) is 2.76. The van der Waals surface area contributed by atoms with Crippen molar-refractivity contribution in [3.8, 4) is 0 Å². The summed E-state index contributed by atoms with van der Waals surface area (Å²) in [7, 11) is 0. The van der Waals surface area contributed by atoms with Gasteiger partial charge < -0.3 is 9.47 Å². The average molecular weight is 319 g/mol. The molecule has 0 unspecified atom stereocenters. The fraction of sp³-hybridized carbons (Fsp3) is 0.632. The van der Waals surface area contributed by atoms with Crippen LogP contribution in [0.25, 0.3) is 0 Å². The van der Waals surface area contributed by atoms with E-state index in [1.165, 1.54) is 5.56 Å². The molecule has 0 aliphatic carbocycles. The standard InChI is InChI=1S/C19H29NO3/c1-15(2)16-5-7-17(8-6-16)18(21)23-14-19(3,4)13-20-9-11-22-12-10-20/h5-8,15H,9-14H2,1-4H3. The molecule has 1 aromatic rings. The van der Waals surface area contributed by atoms with Crippen molar-refractivity contribution in [2.75, 3.05) is 39.5 Å². The smallest absolute Gasteiger partial charge is 0.338 e. The van der Waals surface area contributed by atoms with Gasteiger partial charge in [-0.3, -0.25) is 4.90 Å². The fourth-order valence-electron chi connectivity index (χ4n) is 2.76. The number of rotatable bonds is 6. The zero-order valence-corrected chi connectivity index (χ0v) is 14.8. The lowest BCUT2D eigenvalue weighted by atomic mass is 9.94. The summed E-state index contributed by atoms with van der Waals surface area (Å²) in [5, 5.41) is 0. The summed E-state index contributed by atoms with van der Waals surface area (Å²) < 4.78 is 10.9. The van der Waals surface area contributed by atoms with Gasteiger partial charge >= 0.3 is 5.97 Å². The maximum Gasteiger partial charge on any atom is 0.338 e. The molecule has 0 spiro atoms. The lowest BCUT2D eigenvalue weighted by molar-refractivity contribution is -0.000200. The van der Waals surface area contributed by atoms with Crippen LogP contribution in [-0.2, 0) is 9.47 Å². The van der Waals surface area contributed by atoms with Crippen LogP contribution in [0, 0.1) is 5.41 Å². The Morgan fingerprint density at radius 3 is 2.39 bits per heavy atom. The third-order valence-corrected chi connectivity index (χ3v) is 4.16. The Morgan fingerprint density at radius 1 is 1.22 bits per heavy atom. The van der Waals surface area contributed by atoms with Crippen LogP contribution in [0.5, 0.6) is 0 Å². The third-order valence-electron chi connectivity index (χ3n) is 4.16. The molecule has 0 amide bonds. The van der Waals surface area contributed by atoms with E-state index in [1.807, 2.05) is 24.3 Å². The Morgan fingerprint density at radius 2 is 1.83 bits per heavy atom. The topological polar surface area (TPSA) is 38.8 Å². The number of esters is 1. The molecule has 1 fully saturated rings. The monoisotopic (exact) mass is 319 g/mol. The number of carbonyl (C=O) groups is 1. The summed E-state index contributed by atoms with van der Waals surface area (Å²) in [5.74, 6) is 0.225. The first kappa shape index (κ1) is 18.0. The quantitative estimate of drug-likeness (QED) is 0.754. The van der Waals surface area contributed by atoms with E-state index in [0.29, 0.717) is 18.1 Å². The first-order chi connectivity index (χ1) is 10.9. The van der Waals surface area contributed by atoms with Crippen molar-refractivity contribution in [2.45, 2.75) is 33.6 Å². The molecule has 1 heterocycles. The summed E-state index contributed by atoms with van der Waals surface area (Å²) in [6, 6.07) is 7.71. The van der Waals surface area contributed by atoms with E-state index in [0.717, 1.165) is 32.8 Å². The van der Waals surface area contributed by atoms with Crippen LogP contribution in [0.15, 0.2) is 24.3 Å². The van der Waals surface area contributed by atoms with Gasteiger partial charge in [0.2, 0.25) is 0 Å². The van der Waals surface area contributed by atoms with E-state index in [2.05, 4.69) is 32.6 Å². The predicted octanol–water partition coefficient (Wildman–Crippen LogP) is 3.33. The number of morpholine rings is 1. The first-order valence-corrected chi connectivity index (χ1v) is 8.44. The highest BCUT2D eigenvalue weighted by atomic mass is 16.5. The molecular weight excluding hydrogens is 290 g/mol. The SMILES string of the molecule is CC(C)c1ccc(C(=O)OCC(C)(C)CN2CCOCC2)cc1. The van der Waals surface area contributed by atoms with Crippen molar-refractivity contribution in [3.63, 3.8) is 0 Å². The molecule has 1 aliphatic heterocycles. The van der Waals surface area contributed by atoms with Gasteiger partial charge in [0.05, 0.1) is 25.4 Å². The molecule has 4 nitrogen and oxygen atoms in total. The van der Waals surface area contributed by atoms with Crippen LogP contribution in [0.1, 0.15) is 49.5 Å². The lowest BCUT2D eigenvalue weighted by Gasteiger charge is -2.34. The summed E-state index contributed by atoms with van der Waals surface area (Å²) >= 11 is 0. The molecule has 0 bridgehead atoms. The first-order valence-electron chi connectivity index (χ1n) is 8.44. The minimum atomic E-state index is -0.240. The van der Waals surface area contributed by atoms with Crippen LogP contribution < -0.4 is 0 Å². The van der Waals surface area contributed by atoms with Crippen LogP contribution in [0.4, 0.5) is 0 Å². The van der Waals surface area contributed by atoms with E-state index < -0.39 is 0 Å². The second-order valence-corrected chi connectivity index (χ2v) is 7.41. The van der Waals surface area contributed by atoms with Gasteiger partial charge in [0.15, 0.2) is 0 Å². The Balaban J connectivity index is 1.84. The second-order valence-electron chi connectivity index (χ2n) is 7.41. The molecule has 0 atom stereocenters. The second kappa shape index (κ2) is 7.93. The number of nitrogens with zero attached hydrogens (tertiary/aromatic N) is 1. The van der Waals surface area contributed by atoms with Crippen LogP contribution in [-0.4, -0.2) is 50.3 Å². The number of carbonyl (C=O) groups excluding carboxylic acids is 1. The van der Waals surface area contributed by atoms with E-state index in [1.54, 1.807) is 0 Å². The van der Waals surface area contributed by atoms with Crippen molar-refractivity contribution in [3.05, 3.63) is 35.4 Å². The zero-order chi connectivity index (χ0) is 16.9. The van der Waals surface area contributed by atoms with Gasteiger partial charge in [0.25, 0.3) is 0 Å². The zero-order valence-electron chi connectivity index (χ0n) is 14.8. The van der Waals surface area contributed by atoms with Crippen molar-refractivity contribution >= 4 is 5.97 Å². The van der Waals surface area contributed by atoms with Crippen LogP contribution >= 0.6 is 0 Å². The Kier molecular flexibility index (Phi) is 6.19. The molecule has 0 radical (unpaired) electrons. The molecular formula is C19H29NO3. The highest BCUT2D eigenvalue weighted by molar-refractivity contribution is 5.89. The Hall–Kier alpha value is -1.39. The normalized spacial score (nSPS) is 16.6.